The third-order valence-electron chi connectivity index (χ3n) is 2.69. The minimum absolute atomic E-state index is 0.333. The van der Waals surface area contributed by atoms with E-state index in [9.17, 15) is 14.3 Å². The van der Waals surface area contributed by atoms with Crippen LogP contribution in [-0.4, -0.2) is 23.3 Å². The van der Waals surface area contributed by atoms with E-state index in [1.807, 2.05) is 0 Å². The molecule has 1 heterocycles. The number of ether oxygens (including phenoxy) is 1. The van der Waals surface area contributed by atoms with Gasteiger partial charge in [-0.2, -0.15) is 0 Å². The van der Waals surface area contributed by atoms with Gasteiger partial charge >= 0.3 is 5.97 Å². The number of cyclic esters (lactones) is 1. The van der Waals surface area contributed by atoms with Crippen molar-refractivity contribution in [3.63, 3.8) is 0 Å². The molecule has 0 bridgehead atoms. The molecule has 0 aromatic heterocycles. The third-order valence-corrected chi connectivity index (χ3v) is 2.69. The van der Waals surface area contributed by atoms with E-state index >= 15 is 0 Å². The fourth-order valence-electron chi connectivity index (χ4n) is 1.77. The molecule has 1 aliphatic rings. The Hall–Kier alpha value is -1.68. The molecular formula is C13H13FO3. The van der Waals surface area contributed by atoms with Crippen molar-refractivity contribution in [3.05, 3.63) is 48.0 Å². The molecule has 0 amide bonds. The van der Waals surface area contributed by atoms with Crippen molar-refractivity contribution in [1.29, 1.82) is 0 Å². The number of halogens is 1. The van der Waals surface area contributed by atoms with Crippen LogP contribution >= 0.6 is 0 Å². The van der Waals surface area contributed by atoms with Crippen LogP contribution < -0.4 is 0 Å². The van der Waals surface area contributed by atoms with Gasteiger partial charge in [0.25, 0.3) is 0 Å². The van der Waals surface area contributed by atoms with Crippen molar-refractivity contribution in [2.24, 2.45) is 0 Å². The average molecular weight is 236 g/mol. The molecule has 0 fully saturated rings. The summed E-state index contributed by atoms with van der Waals surface area (Å²) >= 11 is 0. The number of carbonyl (C=O) groups excluding carboxylic acids is 1. The Bertz CT molecular complexity index is 416. The smallest absolute Gasteiger partial charge is 0.330 e. The second kappa shape index (κ2) is 5.10. The van der Waals surface area contributed by atoms with Crippen LogP contribution in [0.15, 0.2) is 42.5 Å². The molecule has 3 atom stereocenters. The molecule has 4 heteroatoms. The zero-order valence-electron chi connectivity index (χ0n) is 9.12. The van der Waals surface area contributed by atoms with Gasteiger partial charge in [0.05, 0.1) is 0 Å². The van der Waals surface area contributed by atoms with Crippen molar-refractivity contribution in [3.8, 4) is 0 Å². The molecule has 3 nitrogen and oxygen atoms in total. The third kappa shape index (κ3) is 2.71. The van der Waals surface area contributed by atoms with Crippen molar-refractivity contribution in [2.45, 2.75) is 24.8 Å². The molecule has 0 spiro atoms. The van der Waals surface area contributed by atoms with Crippen LogP contribution in [0.25, 0.3) is 0 Å². The molecule has 1 aliphatic heterocycles. The Morgan fingerprint density at radius 3 is 2.71 bits per heavy atom. The number of alkyl halides is 1. The Morgan fingerprint density at radius 2 is 2.06 bits per heavy atom. The highest BCUT2D eigenvalue weighted by molar-refractivity contribution is 5.82. The standard InChI is InChI=1S/C13H13FO3/c14-12(9-5-2-1-3-6-9)13(16)10-7-4-8-11(15)17-10/h1-6,8,10,12-13,16H,7H2. The largest absolute Gasteiger partial charge is 0.456 e. The van der Waals surface area contributed by atoms with Gasteiger partial charge in [-0.05, 0) is 5.56 Å². The second-order valence-corrected chi connectivity index (χ2v) is 3.92. The molecule has 17 heavy (non-hydrogen) atoms. The molecule has 0 radical (unpaired) electrons. The van der Waals surface area contributed by atoms with Gasteiger partial charge in [0.2, 0.25) is 0 Å². The maximum atomic E-state index is 14.0. The van der Waals surface area contributed by atoms with Gasteiger partial charge in [0.15, 0.2) is 6.17 Å². The number of benzene rings is 1. The molecule has 0 saturated heterocycles. The van der Waals surface area contributed by atoms with E-state index in [1.54, 1.807) is 36.4 Å². The van der Waals surface area contributed by atoms with Gasteiger partial charge in [0, 0.05) is 12.5 Å². The van der Waals surface area contributed by atoms with Gasteiger partial charge in [-0.25, -0.2) is 9.18 Å². The molecular weight excluding hydrogens is 223 g/mol. The maximum absolute atomic E-state index is 14.0. The van der Waals surface area contributed by atoms with Crippen molar-refractivity contribution in [2.75, 3.05) is 0 Å². The first-order valence-electron chi connectivity index (χ1n) is 5.42. The van der Waals surface area contributed by atoms with Crippen LogP contribution in [-0.2, 0) is 9.53 Å². The molecule has 90 valence electrons. The Morgan fingerprint density at radius 1 is 1.35 bits per heavy atom. The summed E-state index contributed by atoms with van der Waals surface area (Å²) in [6.45, 7) is 0. The predicted octanol–water partition coefficient (Wildman–Crippen LogP) is 1.93. The van der Waals surface area contributed by atoms with E-state index in [-0.39, 0.29) is 0 Å². The van der Waals surface area contributed by atoms with E-state index in [4.69, 9.17) is 4.74 Å². The normalized spacial score (nSPS) is 22.9. The summed E-state index contributed by atoms with van der Waals surface area (Å²) in [4.78, 5) is 11.0. The number of esters is 1. The number of hydrogen-bond donors (Lipinski definition) is 1. The topological polar surface area (TPSA) is 46.5 Å². The van der Waals surface area contributed by atoms with Gasteiger partial charge < -0.3 is 9.84 Å². The molecule has 2 rings (SSSR count). The fraction of sp³-hybridized carbons (Fsp3) is 0.308. The Labute approximate surface area is 98.5 Å². The highest BCUT2D eigenvalue weighted by atomic mass is 19.1. The van der Waals surface area contributed by atoms with Crippen LogP contribution in [0.4, 0.5) is 4.39 Å². The summed E-state index contributed by atoms with van der Waals surface area (Å²) in [5, 5.41) is 9.83. The van der Waals surface area contributed by atoms with E-state index in [0.29, 0.717) is 12.0 Å². The van der Waals surface area contributed by atoms with Crippen molar-refractivity contribution < 1.29 is 19.0 Å². The monoisotopic (exact) mass is 236 g/mol. The SMILES string of the molecule is O=C1C=CCC(C(O)C(F)c2ccccc2)O1. The molecule has 3 unspecified atom stereocenters. The van der Waals surface area contributed by atoms with Crippen molar-refractivity contribution in [1.82, 2.24) is 0 Å². The number of rotatable bonds is 3. The summed E-state index contributed by atoms with van der Waals surface area (Å²) in [6, 6.07) is 8.34. The summed E-state index contributed by atoms with van der Waals surface area (Å²) in [6.07, 6.45) is -0.522. The Kier molecular flexibility index (Phi) is 3.54. The summed E-state index contributed by atoms with van der Waals surface area (Å²) < 4.78 is 18.8. The molecule has 0 aliphatic carbocycles. The summed E-state index contributed by atoms with van der Waals surface area (Å²) in [7, 11) is 0. The lowest BCUT2D eigenvalue weighted by atomic mass is 9.99. The van der Waals surface area contributed by atoms with Gasteiger partial charge in [-0.1, -0.05) is 36.4 Å². The first-order chi connectivity index (χ1) is 8.18. The van der Waals surface area contributed by atoms with E-state index in [2.05, 4.69) is 0 Å². The zero-order chi connectivity index (χ0) is 12.3. The summed E-state index contributed by atoms with van der Waals surface area (Å²) in [5.41, 5.74) is 0.380. The zero-order valence-corrected chi connectivity index (χ0v) is 9.12. The molecule has 1 aromatic rings. The van der Waals surface area contributed by atoms with Crippen LogP contribution in [0.2, 0.25) is 0 Å². The molecule has 1 N–H and O–H groups in total. The second-order valence-electron chi connectivity index (χ2n) is 3.92. The Balaban J connectivity index is 2.07. The minimum atomic E-state index is -1.56. The van der Waals surface area contributed by atoms with E-state index in [1.165, 1.54) is 6.08 Å². The first-order valence-corrected chi connectivity index (χ1v) is 5.42. The first kappa shape index (κ1) is 11.8. The van der Waals surface area contributed by atoms with Gasteiger partial charge in [0.1, 0.15) is 12.2 Å². The van der Waals surface area contributed by atoms with Gasteiger partial charge in [-0.15, -0.1) is 0 Å². The van der Waals surface area contributed by atoms with Crippen LogP contribution in [0.1, 0.15) is 18.2 Å². The number of hydrogen-bond acceptors (Lipinski definition) is 3. The molecule has 0 saturated carbocycles. The minimum Gasteiger partial charge on any atom is -0.456 e. The number of carbonyl (C=O) groups is 1. The van der Waals surface area contributed by atoms with Gasteiger partial charge in [-0.3, -0.25) is 0 Å². The quantitative estimate of drug-likeness (QED) is 0.816. The fourth-order valence-corrected chi connectivity index (χ4v) is 1.77. The van der Waals surface area contributed by atoms with Crippen molar-refractivity contribution >= 4 is 5.97 Å². The van der Waals surface area contributed by atoms with E-state index in [0.717, 1.165) is 0 Å². The molecule has 1 aromatic carbocycles. The maximum Gasteiger partial charge on any atom is 0.330 e. The number of aliphatic hydroxyl groups excluding tert-OH is 1. The highest BCUT2D eigenvalue weighted by Crippen LogP contribution is 2.26. The van der Waals surface area contributed by atoms with Crippen LogP contribution in [0.5, 0.6) is 0 Å². The lowest BCUT2D eigenvalue weighted by molar-refractivity contribution is -0.153. The van der Waals surface area contributed by atoms with E-state index < -0.39 is 24.3 Å². The average Bonchev–Trinajstić information content (AvgIpc) is 2.38. The lowest BCUT2D eigenvalue weighted by Gasteiger charge is -2.26. The van der Waals surface area contributed by atoms with Crippen LogP contribution in [0, 0.1) is 0 Å². The number of aliphatic hydroxyl groups is 1. The predicted molar refractivity (Wildman–Crippen MR) is 59.9 cm³/mol. The summed E-state index contributed by atoms with van der Waals surface area (Å²) in [5.74, 6) is -0.541. The lowest BCUT2D eigenvalue weighted by Crippen LogP contribution is -2.35. The highest BCUT2D eigenvalue weighted by Gasteiger charge is 2.32. The van der Waals surface area contributed by atoms with Crippen LogP contribution in [0.3, 0.4) is 0 Å².